The van der Waals surface area contributed by atoms with Gasteiger partial charge in [0.25, 0.3) is 0 Å². The molecule has 1 saturated heterocycles. The fourth-order valence-electron chi connectivity index (χ4n) is 4.80. The lowest BCUT2D eigenvalue weighted by Crippen LogP contribution is -2.44. The fourth-order valence-corrected chi connectivity index (χ4v) is 5.76. The van der Waals surface area contributed by atoms with Crippen LogP contribution in [0.1, 0.15) is 44.7 Å². The van der Waals surface area contributed by atoms with Gasteiger partial charge in [-0.2, -0.15) is 0 Å². The first kappa shape index (κ1) is 26.9. The van der Waals surface area contributed by atoms with Gasteiger partial charge in [-0.05, 0) is 37.7 Å². The third kappa shape index (κ3) is 6.07. The molecule has 3 heterocycles. The zero-order valence-electron chi connectivity index (χ0n) is 21.5. The maximum Gasteiger partial charge on any atom is 0.338 e. The molecule has 1 aromatic carbocycles. The van der Waals surface area contributed by atoms with Gasteiger partial charge < -0.3 is 24.0 Å². The minimum absolute atomic E-state index is 0.0654. The number of aliphatic imine (C=N–C) groups is 1. The molecule has 0 aromatic heterocycles. The summed E-state index contributed by atoms with van der Waals surface area (Å²) in [6.07, 6.45) is 1.61. The van der Waals surface area contributed by atoms with E-state index >= 15 is 0 Å². The molecule has 3 aliphatic rings. The van der Waals surface area contributed by atoms with Crippen LogP contribution in [0.15, 0.2) is 57.7 Å². The molecule has 0 bridgehead atoms. The zero-order valence-corrected chi connectivity index (χ0v) is 22.3. The van der Waals surface area contributed by atoms with Gasteiger partial charge in [-0.15, -0.1) is 0 Å². The number of rotatable bonds is 9. The lowest BCUT2D eigenvalue weighted by Gasteiger charge is -2.37. The summed E-state index contributed by atoms with van der Waals surface area (Å²) in [5.74, 6) is -1.07. The van der Waals surface area contributed by atoms with Crippen molar-refractivity contribution in [3.05, 3.63) is 58.3 Å². The summed E-state index contributed by atoms with van der Waals surface area (Å²) in [6.45, 7) is 5.31. The van der Waals surface area contributed by atoms with E-state index in [2.05, 4.69) is 0 Å². The number of fused-ring (bicyclic) bond motifs is 1. The van der Waals surface area contributed by atoms with E-state index < -0.39 is 12.0 Å². The van der Waals surface area contributed by atoms with Gasteiger partial charge in [0.2, 0.25) is 5.91 Å². The molecule has 37 heavy (non-hydrogen) atoms. The standard InChI is InChI=1S/C27H33N3O6S/c1-4-35-25(32)20-11-8-12-29(16-20)22(31)15-21-17-37-27-28-18(2)23(26(33)36-14-13-34-3)24(30(21)27)19-9-6-5-7-10-19/h5-7,9-10,17,20,24H,4,8,11-16H2,1-3H3/t20-,24+/m0/s1. The number of hydrogen-bond donors (Lipinski definition) is 0. The molecule has 10 heteroatoms. The number of piperidine rings is 1. The highest BCUT2D eigenvalue weighted by Crippen LogP contribution is 2.45. The first-order chi connectivity index (χ1) is 17.9. The maximum atomic E-state index is 13.4. The van der Waals surface area contributed by atoms with Crippen LogP contribution < -0.4 is 0 Å². The van der Waals surface area contributed by atoms with Crippen molar-refractivity contribution in [3.63, 3.8) is 0 Å². The molecule has 9 nitrogen and oxygen atoms in total. The molecular weight excluding hydrogens is 494 g/mol. The molecule has 0 radical (unpaired) electrons. The molecule has 1 fully saturated rings. The SMILES string of the molecule is CCOC(=O)[C@H]1CCCN(C(=O)CC2=CSC3=NC(C)=C(C(=O)OCCOC)[C@@H](c4ccccc4)N23)C1. The topological polar surface area (TPSA) is 97.7 Å². The van der Waals surface area contributed by atoms with Crippen molar-refractivity contribution in [2.24, 2.45) is 10.9 Å². The van der Waals surface area contributed by atoms with Crippen molar-refractivity contribution >= 4 is 34.8 Å². The van der Waals surface area contributed by atoms with E-state index in [9.17, 15) is 14.4 Å². The summed E-state index contributed by atoms with van der Waals surface area (Å²) >= 11 is 1.44. The highest BCUT2D eigenvalue weighted by atomic mass is 32.2. The Morgan fingerprint density at radius 1 is 1.14 bits per heavy atom. The lowest BCUT2D eigenvalue weighted by molar-refractivity contribution is -0.151. The minimum Gasteiger partial charge on any atom is -0.466 e. The summed E-state index contributed by atoms with van der Waals surface area (Å²) in [4.78, 5) is 47.3. The number of amidine groups is 1. The van der Waals surface area contributed by atoms with Gasteiger partial charge >= 0.3 is 11.9 Å². The van der Waals surface area contributed by atoms with Crippen molar-refractivity contribution in [1.29, 1.82) is 0 Å². The van der Waals surface area contributed by atoms with Crippen molar-refractivity contribution in [2.45, 2.75) is 39.2 Å². The van der Waals surface area contributed by atoms with Crippen molar-refractivity contribution in [3.8, 4) is 0 Å². The molecule has 198 valence electrons. The Labute approximate surface area is 221 Å². The highest BCUT2D eigenvalue weighted by Gasteiger charge is 2.41. The van der Waals surface area contributed by atoms with Gasteiger partial charge in [0.1, 0.15) is 6.61 Å². The average molecular weight is 528 g/mol. The first-order valence-electron chi connectivity index (χ1n) is 12.5. The monoisotopic (exact) mass is 527 g/mol. The highest BCUT2D eigenvalue weighted by molar-refractivity contribution is 8.16. The van der Waals surface area contributed by atoms with E-state index in [1.54, 1.807) is 25.9 Å². The summed E-state index contributed by atoms with van der Waals surface area (Å²) in [5.41, 5.74) is 2.68. The quantitative estimate of drug-likeness (QED) is 0.355. The Balaban J connectivity index is 1.57. The molecular formula is C27H33N3O6S. The predicted octanol–water partition coefficient (Wildman–Crippen LogP) is 3.64. The third-order valence-electron chi connectivity index (χ3n) is 6.58. The summed E-state index contributed by atoms with van der Waals surface area (Å²) < 4.78 is 15.7. The number of amides is 1. The van der Waals surface area contributed by atoms with Gasteiger partial charge in [0.05, 0.1) is 42.9 Å². The second kappa shape index (κ2) is 12.4. The van der Waals surface area contributed by atoms with E-state index in [0.717, 1.165) is 24.1 Å². The molecule has 0 saturated carbocycles. The molecule has 0 unspecified atom stereocenters. The van der Waals surface area contributed by atoms with Gasteiger partial charge in [-0.3, -0.25) is 9.59 Å². The molecule has 1 amide bonds. The number of carbonyl (C=O) groups excluding carboxylic acids is 3. The van der Waals surface area contributed by atoms with E-state index in [-0.39, 0.29) is 30.8 Å². The van der Waals surface area contributed by atoms with E-state index in [1.165, 1.54) is 11.8 Å². The third-order valence-corrected chi connectivity index (χ3v) is 7.47. The molecule has 3 aliphatic heterocycles. The van der Waals surface area contributed by atoms with Crippen LogP contribution in [0.3, 0.4) is 0 Å². The number of benzene rings is 1. The minimum atomic E-state index is -0.480. The Morgan fingerprint density at radius 2 is 1.92 bits per heavy atom. The van der Waals surface area contributed by atoms with Crippen LogP contribution in [0.5, 0.6) is 0 Å². The Kier molecular flexibility index (Phi) is 9.04. The number of allylic oxidation sites excluding steroid dienone is 1. The van der Waals surface area contributed by atoms with Crippen LogP contribution >= 0.6 is 11.8 Å². The second-order valence-electron chi connectivity index (χ2n) is 9.04. The number of carbonyl (C=O) groups is 3. The fraction of sp³-hybridized carbons (Fsp3) is 0.481. The maximum absolute atomic E-state index is 13.4. The number of methoxy groups -OCH3 is 1. The lowest BCUT2D eigenvalue weighted by atomic mass is 9.93. The van der Waals surface area contributed by atoms with Crippen molar-refractivity contribution in [1.82, 2.24) is 9.80 Å². The summed E-state index contributed by atoms with van der Waals surface area (Å²) in [7, 11) is 1.55. The van der Waals surface area contributed by atoms with E-state index in [0.29, 0.717) is 42.7 Å². The molecule has 0 spiro atoms. The molecule has 0 aliphatic carbocycles. The summed E-state index contributed by atoms with van der Waals surface area (Å²) in [6, 6.07) is 9.20. The number of likely N-dealkylation sites (tertiary alicyclic amines) is 1. The average Bonchev–Trinajstić information content (AvgIpc) is 3.30. The van der Waals surface area contributed by atoms with Gasteiger partial charge in [0.15, 0.2) is 5.17 Å². The molecule has 2 atom stereocenters. The largest absolute Gasteiger partial charge is 0.466 e. The normalized spacial score (nSPS) is 21.3. The van der Waals surface area contributed by atoms with Gasteiger partial charge in [-0.25, -0.2) is 9.79 Å². The van der Waals surface area contributed by atoms with E-state index in [1.807, 2.05) is 40.6 Å². The van der Waals surface area contributed by atoms with E-state index in [4.69, 9.17) is 19.2 Å². The number of thioether (sulfide) groups is 1. The van der Waals surface area contributed by atoms with Crippen LogP contribution in [0.25, 0.3) is 0 Å². The molecule has 1 aromatic rings. The number of ether oxygens (including phenoxy) is 3. The number of nitrogens with zero attached hydrogens (tertiary/aromatic N) is 3. The Bertz CT molecular complexity index is 1120. The Hall–Kier alpha value is -3.11. The van der Waals surface area contributed by atoms with Crippen molar-refractivity contribution in [2.75, 3.05) is 40.0 Å². The Morgan fingerprint density at radius 3 is 2.65 bits per heavy atom. The van der Waals surface area contributed by atoms with Gasteiger partial charge in [-0.1, -0.05) is 42.1 Å². The number of hydrogen-bond acceptors (Lipinski definition) is 9. The summed E-state index contributed by atoms with van der Waals surface area (Å²) in [5, 5.41) is 2.64. The molecule has 4 rings (SSSR count). The van der Waals surface area contributed by atoms with Crippen LogP contribution in [0, 0.1) is 5.92 Å². The van der Waals surface area contributed by atoms with Gasteiger partial charge in [0, 0.05) is 25.9 Å². The van der Waals surface area contributed by atoms with Crippen LogP contribution in [-0.4, -0.2) is 72.8 Å². The smallest absolute Gasteiger partial charge is 0.338 e. The second-order valence-corrected chi connectivity index (χ2v) is 9.88. The first-order valence-corrected chi connectivity index (χ1v) is 13.4. The van der Waals surface area contributed by atoms with Crippen LogP contribution in [0.2, 0.25) is 0 Å². The van der Waals surface area contributed by atoms with Crippen LogP contribution in [0.4, 0.5) is 0 Å². The number of esters is 2. The van der Waals surface area contributed by atoms with Crippen LogP contribution in [-0.2, 0) is 28.6 Å². The zero-order chi connectivity index (χ0) is 26.4. The van der Waals surface area contributed by atoms with Crippen molar-refractivity contribution < 1.29 is 28.6 Å². The molecule has 0 N–H and O–H groups in total. The predicted molar refractivity (Wildman–Crippen MR) is 140 cm³/mol.